The van der Waals surface area contributed by atoms with Crippen LogP contribution in [0.15, 0.2) is 54.6 Å². The fraction of sp³-hybridized carbons (Fsp3) is 0.316. The summed E-state index contributed by atoms with van der Waals surface area (Å²) in [5, 5.41) is 2.69. The molecule has 3 nitrogen and oxygen atoms in total. The predicted molar refractivity (Wildman–Crippen MR) is 90.4 cm³/mol. The van der Waals surface area contributed by atoms with Crippen LogP contribution in [0.1, 0.15) is 38.2 Å². The molecule has 0 spiro atoms. The maximum Gasteiger partial charge on any atom is 0.417 e. The van der Waals surface area contributed by atoms with E-state index in [1.165, 1.54) is 31.2 Å². The minimum Gasteiger partial charge on any atom is -0.410 e. The van der Waals surface area contributed by atoms with Crippen LogP contribution >= 0.6 is 0 Å². The van der Waals surface area contributed by atoms with Crippen LogP contribution in [-0.4, -0.2) is 6.09 Å². The molecule has 2 aromatic rings. The van der Waals surface area contributed by atoms with Crippen LogP contribution in [0.3, 0.4) is 0 Å². The number of hydrogen-bond acceptors (Lipinski definition) is 2. The van der Waals surface area contributed by atoms with Crippen molar-refractivity contribution in [2.75, 3.05) is 5.32 Å². The first-order chi connectivity index (χ1) is 10.8. The van der Waals surface area contributed by atoms with E-state index in [1.54, 1.807) is 0 Å². The Balaban J connectivity index is 1.79. The molecule has 0 saturated carbocycles. The van der Waals surface area contributed by atoms with Crippen molar-refractivity contribution in [2.45, 2.75) is 39.0 Å². The first-order valence-corrected chi connectivity index (χ1v) is 7.91. The predicted octanol–water partition coefficient (Wildman–Crippen LogP) is 5.42. The van der Waals surface area contributed by atoms with Gasteiger partial charge in [0, 0.05) is 5.69 Å². The minimum atomic E-state index is -0.470. The normalized spacial score (nSPS) is 10.2. The number of benzene rings is 2. The Morgan fingerprint density at radius 3 is 2.36 bits per heavy atom. The number of nitrogens with one attached hydrogen (secondary N) is 1. The number of aryl methyl sites for hydroxylation is 1. The van der Waals surface area contributed by atoms with Crippen molar-refractivity contribution < 1.29 is 9.53 Å². The summed E-state index contributed by atoms with van der Waals surface area (Å²) < 4.78 is 5.27. The number of carbonyl (C=O) groups is 1. The minimum absolute atomic E-state index is 0.470. The zero-order chi connectivity index (χ0) is 15.6. The Hall–Kier alpha value is -2.29. The second-order valence-electron chi connectivity index (χ2n) is 5.34. The molecule has 1 amide bonds. The van der Waals surface area contributed by atoms with Crippen LogP contribution in [0.2, 0.25) is 0 Å². The lowest BCUT2D eigenvalue weighted by Crippen LogP contribution is -2.16. The maximum absolute atomic E-state index is 11.8. The molecular formula is C19H23NO2. The molecule has 0 unspecified atom stereocenters. The molecular weight excluding hydrogens is 274 g/mol. The van der Waals surface area contributed by atoms with E-state index in [0.717, 1.165) is 12.1 Å². The molecule has 2 aromatic carbocycles. The van der Waals surface area contributed by atoms with Crippen LogP contribution in [0.5, 0.6) is 5.75 Å². The van der Waals surface area contributed by atoms with E-state index in [4.69, 9.17) is 4.74 Å². The summed E-state index contributed by atoms with van der Waals surface area (Å²) in [6, 6.07) is 17.0. The largest absolute Gasteiger partial charge is 0.417 e. The van der Waals surface area contributed by atoms with E-state index < -0.39 is 6.09 Å². The van der Waals surface area contributed by atoms with Crippen molar-refractivity contribution >= 4 is 11.8 Å². The number of amides is 1. The Morgan fingerprint density at radius 1 is 0.955 bits per heavy atom. The van der Waals surface area contributed by atoms with Gasteiger partial charge in [-0.2, -0.15) is 0 Å². The Bertz CT molecular complexity index is 564. The molecule has 0 saturated heterocycles. The molecule has 1 N–H and O–H groups in total. The standard InChI is InChI=1S/C19H23NO2/c1-2-3-4-6-9-16-12-14-18(15-13-16)22-19(21)20-17-10-7-5-8-11-17/h5,7-8,10-15H,2-4,6,9H2,1H3,(H,20,21). The number of carbonyl (C=O) groups excluding carboxylic acids is 1. The highest BCUT2D eigenvalue weighted by molar-refractivity contribution is 5.86. The summed E-state index contributed by atoms with van der Waals surface area (Å²) in [6.07, 6.45) is 5.64. The quantitative estimate of drug-likeness (QED) is 0.693. The Morgan fingerprint density at radius 2 is 1.68 bits per heavy atom. The lowest BCUT2D eigenvalue weighted by molar-refractivity contribution is 0.215. The van der Waals surface area contributed by atoms with Gasteiger partial charge in [-0.05, 0) is 42.7 Å². The Labute approximate surface area is 132 Å². The molecule has 3 heteroatoms. The van der Waals surface area contributed by atoms with Gasteiger partial charge >= 0.3 is 6.09 Å². The number of para-hydroxylation sites is 1. The van der Waals surface area contributed by atoms with E-state index >= 15 is 0 Å². The number of anilines is 1. The average molecular weight is 297 g/mol. The fourth-order valence-corrected chi connectivity index (χ4v) is 2.25. The van der Waals surface area contributed by atoms with Crippen LogP contribution in [-0.2, 0) is 6.42 Å². The maximum atomic E-state index is 11.8. The molecule has 0 aromatic heterocycles. The van der Waals surface area contributed by atoms with E-state index in [9.17, 15) is 4.79 Å². The summed E-state index contributed by atoms with van der Waals surface area (Å²) in [5.74, 6) is 0.561. The number of hydrogen-bond donors (Lipinski definition) is 1. The molecule has 0 heterocycles. The molecule has 0 atom stereocenters. The van der Waals surface area contributed by atoms with Crippen molar-refractivity contribution in [3.8, 4) is 5.75 Å². The van der Waals surface area contributed by atoms with Crippen LogP contribution < -0.4 is 10.1 Å². The van der Waals surface area contributed by atoms with Gasteiger partial charge in [0.25, 0.3) is 0 Å². The van der Waals surface area contributed by atoms with Gasteiger partial charge in [0.15, 0.2) is 0 Å². The highest BCUT2D eigenvalue weighted by Crippen LogP contribution is 2.15. The van der Waals surface area contributed by atoms with Gasteiger partial charge in [0.1, 0.15) is 5.75 Å². The third-order valence-corrected chi connectivity index (χ3v) is 3.47. The molecule has 0 aliphatic carbocycles. The highest BCUT2D eigenvalue weighted by Gasteiger charge is 2.04. The first-order valence-electron chi connectivity index (χ1n) is 7.91. The van der Waals surface area contributed by atoms with E-state index in [2.05, 4.69) is 12.2 Å². The summed E-state index contributed by atoms with van der Waals surface area (Å²) in [7, 11) is 0. The van der Waals surface area contributed by atoms with Crippen molar-refractivity contribution in [1.82, 2.24) is 0 Å². The van der Waals surface area contributed by atoms with Gasteiger partial charge in [-0.1, -0.05) is 56.5 Å². The van der Waals surface area contributed by atoms with Crippen molar-refractivity contribution in [1.29, 1.82) is 0 Å². The SMILES string of the molecule is CCCCCCc1ccc(OC(=O)Nc2ccccc2)cc1. The highest BCUT2D eigenvalue weighted by atomic mass is 16.6. The van der Waals surface area contributed by atoms with Gasteiger partial charge in [-0.3, -0.25) is 5.32 Å². The zero-order valence-electron chi connectivity index (χ0n) is 13.0. The second kappa shape index (κ2) is 8.88. The third kappa shape index (κ3) is 5.60. The average Bonchev–Trinajstić information content (AvgIpc) is 2.54. The lowest BCUT2D eigenvalue weighted by atomic mass is 10.1. The van der Waals surface area contributed by atoms with Crippen molar-refractivity contribution in [3.63, 3.8) is 0 Å². The smallest absolute Gasteiger partial charge is 0.410 e. The summed E-state index contributed by atoms with van der Waals surface area (Å²) in [6.45, 7) is 2.21. The molecule has 116 valence electrons. The molecule has 0 radical (unpaired) electrons. The molecule has 2 rings (SSSR count). The number of ether oxygens (including phenoxy) is 1. The molecule has 0 fully saturated rings. The molecule has 0 aliphatic heterocycles. The van der Waals surface area contributed by atoms with E-state index in [1.807, 2.05) is 54.6 Å². The van der Waals surface area contributed by atoms with Crippen molar-refractivity contribution in [2.24, 2.45) is 0 Å². The monoisotopic (exact) mass is 297 g/mol. The second-order valence-corrected chi connectivity index (χ2v) is 5.34. The fourth-order valence-electron chi connectivity index (χ4n) is 2.25. The van der Waals surface area contributed by atoms with E-state index in [-0.39, 0.29) is 0 Å². The van der Waals surface area contributed by atoms with E-state index in [0.29, 0.717) is 5.75 Å². The number of unbranched alkanes of at least 4 members (excludes halogenated alkanes) is 3. The van der Waals surface area contributed by atoms with Gasteiger partial charge < -0.3 is 4.74 Å². The van der Waals surface area contributed by atoms with Crippen LogP contribution in [0.25, 0.3) is 0 Å². The van der Waals surface area contributed by atoms with Crippen molar-refractivity contribution in [3.05, 3.63) is 60.2 Å². The third-order valence-electron chi connectivity index (χ3n) is 3.47. The lowest BCUT2D eigenvalue weighted by Gasteiger charge is -2.07. The summed E-state index contributed by atoms with van der Waals surface area (Å²) in [4.78, 5) is 11.8. The topological polar surface area (TPSA) is 38.3 Å². The molecule has 22 heavy (non-hydrogen) atoms. The van der Waals surface area contributed by atoms with Gasteiger partial charge in [-0.15, -0.1) is 0 Å². The van der Waals surface area contributed by atoms with Crippen LogP contribution in [0, 0.1) is 0 Å². The zero-order valence-corrected chi connectivity index (χ0v) is 13.0. The summed E-state index contributed by atoms with van der Waals surface area (Å²) in [5.41, 5.74) is 2.01. The molecule has 0 bridgehead atoms. The number of rotatable bonds is 7. The Kier molecular flexibility index (Phi) is 6.49. The first kappa shape index (κ1) is 16.1. The van der Waals surface area contributed by atoms with Gasteiger partial charge in [0.05, 0.1) is 0 Å². The molecule has 0 aliphatic rings. The van der Waals surface area contributed by atoms with Crippen LogP contribution in [0.4, 0.5) is 10.5 Å². The summed E-state index contributed by atoms with van der Waals surface area (Å²) >= 11 is 0. The van der Waals surface area contributed by atoms with Gasteiger partial charge in [0.2, 0.25) is 0 Å². The van der Waals surface area contributed by atoms with Gasteiger partial charge in [-0.25, -0.2) is 4.79 Å².